The SMILES string of the molecule is CCc1cc(OCC=C(Cl)Cl)cc(C)c1O. The minimum absolute atomic E-state index is 0.186. The van der Waals surface area contributed by atoms with Gasteiger partial charge in [-0.05, 0) is 42.7 Å². The van der Waals surface area contributed by atoms with E-state index in [1.165, 1.54) is 0 Å². The first-order valence-corrected chi connectivity index (χ1v) is 5.76. The van der Waals surface area contributed by atoms with Crippen LogP contribution in [-0.2, 0) is 6.42 Å². The molecule has 0 unspecified atom stereocenters. The van der Waals surface area contributed by atoms with Crippen LogP contribution in [0, 0.1) is 6.92 Å². The monoisotopic (exact) mass is 260 g/mol. The van der Waals surface area contributed by atoms with E-state index in [1.807, 2.05) is 19.9 Å². The molecule has 0 fully saturated rings. The molecule has 1 aromatic rings. The second-order valence-electron chi connectivity index (χ2n) is 3.41. The lowest BCUT2D eigenvalue weighted by atomic mass is 10.1. The molecule has 0 amide bonds. The summed E-state index contributed by atoms with van der Waals surface area (Å²) < 4.78 is 5.63. The van der Waals surface area contributed by atoms with Gasteiger partial charge in [-0.3, -0.25) is 0 Å². The highest BCUT2D eigenvalue weighted by molar-refractivity contribution is 6.55. The van der Waals surface area contributed by atoms with Crippen molar-refractivity contribution in [1.82, 2.24) is 0 Å². The molecule has 88 valence electrons. The van der Waals surface area contributed by atoms with Crippen LogP contribution in [0.1, 0.15) is 18.1 Å². The van der Waals surface area contributed by atoms with Crippen LogP contribution in [0.5, 0.6) is 11.5 Å². The molecule has 1 N–H and O–H groups in total. The van der Waals surface area contributed by atoms with Gasteiger partial charge in [0.1, 0.15) is 22.6 Å². The van der Waals surface area contributed by atoms with Crippen molar-refractivity contribution >= 4 is 23.2 Å². The van der Waals surface area contributed by atoms with Gasteiger partial charge in [-0.25, -0.2) is 0 Å². The third-order valence-corrected chi connectivity index (χ3v) is 2.53. The van der Waals surface area contributed by atoms with Crippen molar-refractivity contribution in [2.24, 2.45) is 0 Å². The fourth-order valence-corrected chi connectivity index (χ4v) is 1.50. The Balaban J connectivity index is 2.82. The number of phenols is 1. The number of ether oxygens (including phenoxy) is 1. The third kappa shape index (κ3) is 3.62. The number of phenolic OH excluding ortho intramolecular Hbond substituents is 1. The fourth-order valence-electron chi connectivity index (χ4n) is 1.37. The van der Waals surface area contributed by atoms with E-state index in [2.05, 4.69) is 0 Å². The van der Waals surface area contributed by atoms with Crippen molar-refractivity contribution in [3.05, 3.63) is 33.8 Å². The number of hydrogen-bond acceptors (Lipinski definition) is 2. The number of hydrogen-bond donors (Lipinski definition) is 1. The molecule has 0 aliphatic carbocycles. The minimum Gasteiger partial charge on any atom is -0.507 e. The van der Waals surface area contributed by atoms with Crippen LogP contribution in [0.4, 0.5) is 0 Å². The van der Waals surface area contributed by atoms with Crippen LogP contribution in [0.15, 0.2) is 22.7 Å². The van der Waals surface area contributed by atoms with Gasteiger partial charge in [-0.1, -0.05) is 30.1 Å². The van der Waals surface area contributed by atoms with Crippen LogP contribution in [0.25, 0.3) is 0 Å². The molecule has 1 rings (SSSR count). The average Bonchev–Trinajstić information content (AvgIpc) is 2.22. The summed E-state index contributed by atoms with van der Waals surface area (Å²) in [5, 5.41) is 9.73. The van der Waals surface area contributed by atoms with Crippen LogP contribution in [-0.4, -0.2) is 11.7 Å². The highest BCUT2D eigenvalue weighted by atomic mass is 35.5. The lowest BCUT2D eigenvalue weighted by molar-refractivity contribution is 0.360. The van der Waals surface area contributed by atoms with Gasteiger partial charge in [-0.2, -0.15) is 0 Å². The van der Waals surface area contributed by atoms with Gasteiger partial charge in [0.05, 0.1) is 0 Å². The van der Waals surface area contributed by atoms with E-state index in [4.69, 9.17) is 27.9 Å². The van der Waals surface area contributed by atoms with E-state index in [0.29, 0.717) is 18.1 Å². The van der Waals surface area contributed by atoms with E-state index in [-0.39, 0.29) is 4.49 Å². The van der Waals surface area contributed by atoms with Gasteiger partial charge in [0.15, 0.2) is 0 Å². The molecule has 0 heterocycles. The van der Waals surface area contributed by atoms with Crippen molar-refractivity contribution in [3.8, 4) is 11.5 Å². The molecule has 0 aliphatic heterocycles. The zero-order valence-corrected chi connectivity index (χ0v) is 10.8. The van der Waals surface area contributed by atoms with Gasteiger partial charge in [0, 0.05) is 0 Å². The quantitative estimate of drug-likeness (QED) is 0.888. The van der Waals surface area contributed by atoms with Gasteiger partial charge < -0.3 is 9.84 Å². The number of benzene rings is 1. The molecule has 4 heteroatoms. The third-order valence-electron chi connectivity index (χ3n) is 2.22. The Morgan fingerprint density at radius 2 is 2.12 bits per heavy atom. The zero-order chi connectivity index (χ0) is 12.1. The van der Waals surface area contributed by atoms with Crippen molar-refractivity contribution in [2.75, 3.05) is 6.61 Å². The van der Waals surface area contributed by atoms with Crippen molar-refractivity contribution in [2.45, 2.75) is 20.3 Å². The Morgan fingerprint density at radius 3 is 2.69 bits per heavy atom. The predicted molar refractivity (Wildman–Crippen MR) is 67.5 cm³/mol. The molecule has 0 aromatic heterocycles. The molecule has 0 spiro atoms. The molecule has 2 nitrogen and oxygen atoms in total. The number of aryl methyl sites for hydroxylation is 2. The molecule has 0 saturated heterocycles. The highest BCUT2D eigenvalue weighted by Gasteiger charge is 2.05. The summed E-state index contributed by atoms with van der Waals surface area (Å²) >= 11 is 10.9. The summed E-state index contributed by atoms with van der Waals surface area (Å²) in [7, 11) is 0. The topological polar surface area (TPSA) is 29.5 Å². The minimum atomic E-state index is 0.186. The van der Waals surface area contributed by atoms with Crippen LogP contribution < -0.4 is 4.74 Å². The average molecular weight is 261 g/mol. The van der Waals surface area contributed by atoms with Gasteiger partial charge in [-0.15, -0.1) is 0 Å². The fraction of sp³-hybridized carbons (Fsp3) is 0.333. The predicted octanol–water partition coefficient (Wildman–Crippen LogP) is 3.96. The standard InChI is InChI=1S/C12H14Cl2O2/c1-3-9-7-10(6-8(2)12(9)15)16-5-4-11(13)14/h4,6-7,15H,3,5H2,1-2H3. The first kappa shape index (κ1) is 13.2. The first-order valence-electron chi connectivity index (χ1n) is 5.01. The van der Waals surface area contributed by atoms with Gasteiger partial charge in [0.25, 0.3) is 0 Å². The summed E-state index contributed by atoms with van der Waals surface area (Å²) in [6.07, 6.45) is 2.33. The Bertz CT molecular complexity index is 396. The normalized spacial score (nSPS) is 10.0. The first-order chi connectivity index (χ1) is 7.54. The molecular formula is C12H14Cl2O2. The lowest BCUT2D eigenvalue weighted by Gasteiger charge is -2.09. The van der Waals surface area contributed by atoms with Crippen molar-refractivity contribution < 1.29 is 9.84 Å². The summed E-state index contributed by atoms with van der Waals surface area (Å²) in [5.41, 5.74) is 1.67. The maximum Gasteiger partial charge on any atom is 0.121 e. The van der Waals surface area contributed by atoms with Crippen LogP contribution in [0.3, 0.4) is 0 Å². The van der Waals surface area contributed by atoms with E-state index >= 15 is 0 Å². The molecule has 1 aromatic carbocycles. The van der Waals surface area contributed by atoms with Crippen molar-refractivity contribution in [3.63, 3.8) is 0 Å². The molecule has 0 saturated carbocycles. The molecule has 0 bridgehead atoms. The van der Waals surface area contributed by atoms with E-state index < -0.39 is 0 Å². The number of aromatic hydroxyl groups is 1. The van der Waals surface area contributed by atoms with Gasteiger partial charge >= 0.3 is 0 Å². The Labute approximate surface area is 105 Å². The summed E-state index contributed by atoms with van der Waals surface area (Å²) in [4.78, 5) is 0. The molecule has 0 aliphatic rings. The largest absolute Gasteiger partial charge is 0.507 e. The number of halogens is 2. The zero-order valence-electron chi connectivity index (χ0n) is 9.26. The van der Waals surface area contributed by atoms with Gasteiger partial charge in [0.2, 0.25) is 0 Å². The lowest BCUT2D eigenvalue weighted by Crippen LogP contribution is -1.96. The second kappa shape index (κ2) is 6.02. The summed E-state index contributed by atoms with van der Waals surface area (Å²) in [6.45, 7) is 4.13. The molecule has 0 atom stereocenters. The maximum atomic E-state index is 9.73. The molecular weight excluding hydrogens is 247 g/mol. The van der Waals surface area contributed by atoms with Crippen molar-refractivity contribution in [1.29, 1.82) is 0 Å². The summed E-state index contributed by atoms with van der Waals surface area (Å²) in [6, 6.07) is 3.60. The van der Waals surface area contributed by atoms with E-state index in [0.717, 1.165) is 17.5 Å². The summed E-state index contributed by atoms with van der Waals surface area (Å²) in [5.74, 6) is 1.04. The Hall–Kier alpha value is -0.860. The second-order valence-corrected chi connectivity index (χ2v) is 4.41. The van der Waals surface area contributed by atoms with Crippen LogP contribution in [0.2, 0.25) is 0 Å². The maximum absolute atomic E-state index is 9.73. The smallest absolute Gasteiger partial charge is 0.121 e. The Kier molecular flexibility index (Phi) is 4.97. The van der Waals surface area contributed by atoms with E-state index in [9.17, 15) is 5.11 Å². The molecule has 16 heavy (non-hydrogen) atoms. The number of rotatable bonds is 4. The van der Waals surface area contributed by atoms with Crippen LogP contribution >= 0.6 is 23.2 Å². The van der Waals surface area contributed by atoms with E-state index in [1.54, 1.807) is 12.1 Å². The highest BCUT2D eigenvalue weighted by Crippen LogP contribution is 2.28. The molecule has 0 radical (unpaired) electrons. The Morgan fingerprint density at radius 1 is 1.44 bits per heavy atom.